The van der Waals surface area contributed by atoms with Gasteiger partial charge in [-0.15, -0.1) is 0 Å². The second-order valence-corrected chi connectivity index (χ2v) is 11.2. The van der Waals surface area contributed by atoms with Gasteiger partial charge in [0.25, 0.3) is 5.91 Å². The molecule has 0 bridgehead atoms. The molecule has 2 aromatic rings. The van der Waals surface area contributed by atoms with Crippen molar-refractivity contribution in [1.82, 2.24) is 20.9 Å². The first-order valence-electron chi connectivity index (χ1n) is 13.7. The Morgan fingerprint density at radius 2 is 1.95 bits per heavy atom. The van der Waals surface area contributed by atoms with Crippen LogP contribution in [0.5, 0.6) is 5.75 Å². The quantitative estimate of drug-likeness (QED) is 0.261. The van der Waals surface area contributed by atoms with Gasteiger partial charge in [0.05, 0.1) is 25.9 Å². The van der Waals surface area contributed by atoms with Gasteiger partial charge < -0.3 is 35.1 Å². The van der Waals surface area contributed by atoms with Crippen molar-refractivity contribution in [1.29, 1.82) is 5.26 Å². The van der Waals surface area contributed by atoms with E-state index in [0.717, 1.165) is 17.3 Å². The van der Waals surface area contributed by atoms with E-state index in [9.17, 15) is 19.6 Å². The highest BCUT2D eigenvalue weighted by Crippen LogP contribution is 2.27. The average Bonchev–Trinajstić information content (AvgIpc) is 3.36. The molecule has 0 spiro atoms. The number of amides is 3. The zero-order valence-electron chi connectivity index (χ0n) is 23.8. The third-order valence-corrected chi connectivity index (χ3v) is 6.62. The predicted octanol–water partition coefficient (Wildman–Crippen LogP) is 2.67. The van der Waals surface area contributed by atoms with Gasteiger partial charge in [-0.05, 0) is 49.3 Å². The molecule has 1 saturated heterocycles. The van der Waals surface area contributed by atoms with Gasteiger partial charge in [-0.2, -0.15) is 5.26 Å². The van der Waals surface area contributed by atoms with Gasteiger partial charge in [0.15, 0.2) is 0 Å². The van der Waals surface area contributed by atoms with Gasteiger partial charge in [0.2, 0.25) is 11.8 Å². The number of benzene rings is 1. The van der Waals surface area contributed by atoms with Crippen LogP contribution in [0.25, 0.3) is 10.9 Å². The number of piperidine rings is 1. The monoisotopic (exact) mass is 555 g/mol. The number of hydrogen-bond acceptors (Lipinski definition) is 7. The first-order chi connectivity index (χ1) is 19.1. The normalized spacial score (nSPS) is 17.0. The van der Waals surface area contributed by atoms with Crippen LogP contribution >= 0.6 is 0 Å². The van der Waals surface area contributed by atoms with Crippen LogP contribution in [0.15, 0.2) is 24.3 Å². The third kappa shape index (κ3) is 9.24. The topological polar surface area (TPSA) is 155 Å². The highest BCUT2D eigenvalue weighted by molar-refractivity contribution is 6.01. The van der Waals surface area contributed by atoms with Crippen LogP contribution in [0, 0.1) is 22.7 Å². The molecule has 11 nitrogen and oxygen atoms in total. The number of rotatable bonds is 14. The zero-order valence-corrected chi connectivity index (χ0v) is 23.8. The standard InChI is InChI=1S/C29H41N5O6/c1-29(2,3)17-24(28(37)32-20(18-30)15-19-7-6-10-31-26(19)35)34-27(36)23-16-21-22(33-23)8-5-9-25(21)40-14-13-39-12-11-38-4/h5,8-9,16,19-20,24,33H,6-7,10-15,17H2,1-4H3,(H,31,35)(H,32,37)(H,34,36)/t19-,20-,24-/m0/s1. The Morgan fingerprint density at radius 3 is 2.65 bits per heavy atom. The average molecular weight is 556 g/mol. The molecule has 0 aliphatic carbocycles. The molecule has 0 unspecified atom stereocenters. The molecule has 0 saturated carbocycles. The molecule has 3 atom stereocenters. The molecule has 3 rings (SSSR count). The Bertz CT molecular complexity index is 1200. The molecule has 40 heavy (non-hydrogen) atoms. The Balaban J connectivity index is 1.68. The van der Waals surface area contributed by atoms with Gasteiger partial charge in [0.1, 0.15) is 30.1 Å². The number of nitrogens with zero attached hydrogens (tertiary/aromatic N) is 1. The largest absolute Gasteiger partial charge is 0.490 e. The van der Waals surface area contributed by atoms with Gasteiger partial charge in [-0.25, -0.2) is 0 Å². The fraction of sp³-hybridized carbons (Fsp3) is 0.586. The van der Waals surface area contributed by atoms with E-state index in [-0.39, 0.29) is 29.4 Å². The lowest BCUT2D eigenvalue weighted by Crippen LogP contribution is -2.51. The summed E-state index contributed by atoms with van der Waals surface area (Å²) in [5.41, 5.74) is 0.716. The van der Waals surface area contributed by atoms with E-state index in [0.29, 0.717) is 51.6 Å². The SMILES string of the molecule is COCCOCCOc1cccc2[nH]c(C(=O)N[C@@H](CC(C)(C)C)C(=O)N[C@H](C#N)C[C@@H]3CCCNC3=O)cc12. The van der Waals surface area contributed by atoms with Gasteiger partial charge in [-0.1, -0.05) is 26.8 Å². The fourth-order valence-corrected chi connectivity index (χ4v) is 4.65. The van der Waals surface area contributed by atoms with E-state index in [2.05, 4.69) is 27.0 Å². The van der Waals surface area contributed by atoms with Crippen LogP contribution in [0.2, 0.25) is 0 Å². The third-order valence-electron chi connectivity index (χ3n) is 6.62. The molecule has 0 radical (unpaired) electrons. The summed E-state index contributed by atoms with van der Waals surface area (Å²) in [6, 6.07) is 7.55. The summed E-state index contributed by atoms with van der Waals surface area (Å²) in [7, 11) is 1.61. The molecule has 1 aromatic carbocycles. The number of aromatic amines is 1. The van der Waals surface area contributed by atoms with Crippen molar-refractivity contribution in [2.24, 2.45) is 11.3 Å². The summed E-state index contributed by atoms with van der Waals surface area (Å²) >= 11 is 0. The maximum absolute atomic E-state index is 13.3. The molecule has 3 amide bonds. The summed E-state index contributed by atoms with van der Waals surface area (Å²) in [6.07, 6.45) is 2.09. The van der Waals surface area contributed by atoms with Crippen LogP contribution in [-0.4, -0.2) is 74.9 Å². The van der Waals surface area contributed by atoms with Crippen molar-refractivity contribution >= 4 is 28.6 Å². The molecule has 1 aliphatic rings. The van der Waals surface area contributed by atoms with E-state index >= 15 is 0 Å². The van der Waals surface area contributed by atoms with Crippen molar-refractivity contribution in [2.45, 2.75) is 58.5 Å². The molecular formula is C29H41N5O6. The molecule has 1 aliphatic heterocycles. The van der Waals surface area contributed by atoms with Gasteiger partial charge in [0, 0.05) is 30.5 Å². The van der Waals surface area contributed by atoms with Gasteiger partial charge in [-0.3, -0.25) is 14.4 Å². The Labute approximate surface area is 235 Å². The van der Waals surface area contributed by atoms with E-state index in [1.807, 2.05) is 39.0 Å². The maximum Gasteiger partial charge on any atom is 0.268 e. The number of ether oxygens (including phenoxy) is 3. The van der Waals surface area contributed by atoms with Crippen LogP contribution < -0.4 is 20.7 Å². The fourth-order valence-electron chi connectivity index (χ4n) is 4.65. The number of hydrogen-bond donors (Lipinski definition) is 4. The van der Waals surface area contributed by atoms with E-state index < -0.39 is 23.9 Å². The molecule has 1 aromatic heterocycles. The number of carbonyl (C=O) groups is 3. The number of methoxy groups -OCH3 is 1. The van der Waals surface area contributed by atoms with Crippen molar-refractivity contribution < 1.29 is 28.6 Å². The molecule has 1 fully saturated rings. The Hall–Kier alpha value is -3.62. The number of nitrogens with one attached hydrogen (secondary N) is 4. The second kappa shape index (κ2) is 14.7. The number of H-pyrrole nitrogens is 1. The first kappa shape index (κ1) is 30.9. The summed E-state index contributed by atoms with van der Waals surface area (Å²) in [6.45, 7) is 8.27. The van der Waals surface area contributed by atoms with Crippen molar-refractivity contribution in [3.05, 3.63) is 30.0 Å². The highest BCUT2D eigenvalue weighted by Gasteiger charge is 2.31. The minimum absolute atomic E-state index is 0.0962. The summed E-state index contributed by atoms with van der Waals surface area (Å²) in [5, 5.41) is 18.8. The number of carbonyl (C=O) groups excluding carboxylic acids is 3. The zero-order chi connectivity index (χ0) is 29.1. The minimum atomic E-state index is -0.880. The smallest absolute Gasteiger partial charge is 0.268 e. The van der Waals surface area contributed by atoms with E-state index in [4.69, 9.17) is 14.2 Å². The number of aromatic nitrogens is 1. The lowest BCUT2D eigenvalue weighted by molar-refractivity contribution is -0.128. The minimum Gasteiger partial charge on any atom is -0.490 e. The van der Waals surface area contributed by atoms with Crippen molar-refractivity contribution in [3.63, 3.8) is 0 Å². The van der Waals surface area contributed by atoms with E-state index in [1.165, 1.54) is 0 Å². The molecule has 4 N–H and O–H groups in total. The van der Waals surface area contributed by atoms with Crippen LogP contribution in [0.3, 0.4) is 0 Å². The predicted molar refractivity (Wildman–Crippen MR) is 150 cm³/mol. The van der Waals surface area contributed by atoms with Gasteiger partial charge >= 0.3 is 0 Å². The molecular weight excluding hydrogens is 514 g/mol. The molecule has 11 heteroatoms. The van der Waals surface area contributed by atoms with Crippen LogP contribution in [0.4, 0.5) is 0 Å². The molecule has 2 heterocycles. The summed E-state index contributed by atoms with van der Waals surface area (Å²) < 4.78 is 16.3. The highest BCUT2D eigenvalue weighted by atomic mass is 16.5. The number of nitriles is 1. The molecule has 218 valence electrons. The summed E-state index contributed by atoms with van der Waals surface area (Å²) in [4.78, 5) is 41.8. The number of fused-ring (bicyclic) bond motifs is 1. The Kier molecular flexibility index (Phi) is 11.3. The Morgan fingerprint density at radius 1 is 1.18 bits per heavy atom. The maximum atomic E-state index is 13.3. The van der Waals surface area contributed by atoms with E-state index in [1.54, 1.807) is 13.2 Å². The van der Waals surface area contributed by atoms with Crippen molar-refractivity contribution in [2.75, 3.05) is 40.1 Å². The lowest BCUT2D eigenvalue weighted by Gasteiger charge is -2.28. The second-order valence-electron chi connectivity index (χ2n) is 11.2. The lowest BCUT2D eigenvalue weighted by atomic mass is 9.87. The summed E-state index contributed by atoms with van der Waals surface area (Å²) in [5.74, 6) is -0.722. The first-order valence-corrected chi connectivity index (χ1v) is 13.7. The van der Waals surface area contributed by atoms with Crippen LogP contribution in [-0.2, 0) is 19.1 Å². The van der Waals surface area contributed by atoms with Crippen LogP contribution in [0.1, 0.15) is 56.9 Å². The van der Waals surface area contributed by atoms with Crippen molar-refractivity contribution in [3.8, 4) is 11.8 Å².